The van der Waals surface area contributed by atoms with Crippen molar-refractivity contribution in [2.75, 3.05) is 13.1 Å². The fourth-order valence-corrected chi connectivity index (χ4v) is 3.96. The van der Waals surface area contributed by atoms with Crippen LogP contribution in [0.15, 0.2) is 48.5 Å². The summed E-state index contributed by atoms with van der Waals surface area (Å²) < 4.78 is 1.97. The highest BCUT2D eigenvalue weighted by Crippen LogP contribution is 2.28. The van der Waals surface area contributed by atoms with E-state index in [9.17, 15) is 4.79 Å². The molecule has 140 valence electrons. The number of carbonyl (C=O) groups is 1. The molecule has 0 saturated heterocycles. The monoisotopic (exact) mass is 372 g/mol. The Labute approximate surface area is 162 Å². The van der Waals surface area contributed by atoms with Crippen LogP contribution < -0.4 is 0 Å². The minimum atomic E-state index is 0.0342. The first-order valence-corrected chi connectivity index (χ1v) is 9.40. The van der Waals surface area contributed by atoms with Gasteiger partial charge in [-0.2, -0.15) is 20.5 Å². The van der Waals surface area contributed by atoms with Crippen LogP contribution in [0.25, 0.3) is 22.3 Å². The number of rotatable bonds is 2. The van der Waals surface area contributed by atoms with E-state index in [1.807, 2.05) is 47.0 Å². The fourth-order valence-electron chi connectivity index (χ4n) is 3.96. The number of fused-ring (bicyclic) bond motifs is 2. The molecule has 0 radical (unpaired) electrons. The van der Waals surface area contributed by atoms with E-state index >= 15 is 0 Å². The van der Waals surface area contributed by atoms with Crippen molar-refractivity contribution in [3.63, 3.8) is 0 Å². The van der Waals surface area contributed by atoms with Crippen LogP contribution in [0.5, 0.6) is 0 Å². The highest BCUT2D eigenvalue weighted by Gasteiger charge is 2.25. The molecule has 0 spiro atoms. The molecule has 0 atom stereocenters. The van der Waals surface area contributed by atoms with E-state index in [0.29, 0.717) is 24.2 Å². The van der Waals surface area contributed by atoms with Crippen LogP contribution in [0.4, 0.5) is 0 Å². The van der Waals surface area contributed by atoms with Gasteiger partial charge in [-0.1, -0.05) is 30.3 Å². The van der Waals surface area contributed by atoms with E-state index < -0.39 is 0 Å². The number of H-pyrrole nitrogens is 1. The van der Waals surface area contributed by atoms with E-state index in [2.05, 4.69) is 27.5 Å². The van der Waals surface area contributed by atoms with Gasteiger partial charge >= 0.3 is 0 Å². The summed E-state index contributed by atoms with van der Waals surface area (Å²) in [6, 6.07) is 15.7. The van der Waals surface area contributed by atoms with Crippen LogP contribution in [-0.4, -0.2) is 49.1 Å². The molecular formula is C21H20N6O. The van der Waals surface area contributed by atoms with Crippen molar-refractivity contribution in [3.05, 3.63) is 65.4 Å². The Morgan fingerprint density at radius 1 is 1.00 bits per heavy atom. The average molecular weight is 372 g/mol. The number of hydrogen-bond acceptors (Lipinski definition) is 4. The summed E-state index contributed by atoms with van der Waals surface area (Å²) in [5.41, 5.74) is 6.72. The predicted octanol–water partition coefficient (Wildman–Crippen LogP) is 2.60. The first-order valence-electron chi connectivity index (χ1n) is 9.40. The third-order valence-electron chi connectivity index (χ3n) is 5.42. The third kappa shape index (κ3) is 2.76. The van der Waals surface area contributed by atoms with Gasteiger partial charge in [0.1, 0.15) is 11.0 Å². The molecule has 0 unspecified atom stereocenters. The van der Waals surface area contributed by atoms with Gasteiger partial charge in [0.2, 0.25) is 0 Å². The maximum absolute atomic E-state index is 13.1. The van der Waals surface area contributed by atoms with E-state index in [0.717, 1.165) is 29.6 Å². The van der Waals surface area contributed by atoms with Crippen molar-refractivity contribution >= 4 is 16.9 Å². The van der Waals surface area contributed by atoms with Gasteiger partial charge < -0.3 is 4.90 Å². The van der Waals surface area contributed by atoms with Crippen LogP contribution >= 0.6 is 0 Å². The van der Waals surface area contributed by atoms with Gasteiger partial charge in [-0.3, -0.25) is 9.48 Å². The SMILES string of the molecule is Cn1nc(-c2ccccc2)c2c1CCN(C(=O)c1ccc3n[nH]nc3c1)CC2. The van der Waals surface area contributed by atoms with Gasteiger partial charge in [0.15, 0.2) is 0 Å². The highest BCUT2D eigenvalue weighted by atomic mass is 16.2. The number of benzene rings is 2. The lowest BCUT2D eigenvalue weighted by molar-refractivity contribution is 0.0762. The number of nitrogens with zero attached hydrogens (tertiary/aromatic N) is 5. The molecule has 0 bridgehead atoms. The molecule has 5 rings (SSSR count). The van der Waals surface area contributed by atoms with Crippen molar-refractivity contribution in [1.29, 1.82) is 0 Å². The fraction of sp³-hybridized carbons (Fsp3) is 0.238. The molecule has 2 aromatic heterocycles. The Hall–Kier alpha value is -3.48. The van der Waals surface area contributed by atoms with Crippen LogP contribution in [0, 0.1) is 0 Å². The van der Waals surface area contributed by atoms with Gasteiger partial charge in [0, 0.05) is 48.9 Å². The minimum Gasteiger partial charge on any atom is -0.338 e. The molecule has 2 aromatic carbocycles. The van der Waals surface area contributed by atoms with E-state index in [-0.39, 0.29) is 5.91 Å². The van der Waals surface area contributed by atoms with Gasteiger partial charge in [-0.05, 0) is 24.6 Å². The number of amides is 1. The Morgan fingerprint density at radius 3 is 2.64 bits per heavy atom. The second-order valence-electron chi connectivity index (χ2n) is 7.08. The third-order valence-corrected chi connectivity index (χ3v) is 5.42. The summed E-state index contributed by atoms with van der Waals surface area (Å²) in [4.78, 5) is 15.0. The molecule has 7 heteroatoms. The van der Waals surface area contributed by atoms with Gasteiger partial charge in [-0.25, -0.2) is 0 Å². The zero-order valence-electron chi connectivity index (χ0n) is 15.6. The molecule has 4 aromatic rings. The van der Waals surface area contributed by atoms with Gasteiger partial charge in [-0.15, -0.1) is 0 Å². The van der Waals surface area contributed by atoms with Crippen molar-refractivity contribution in [1.82, 2.24) is 30.1 Å². The zero-order valence-corrected chi connectivity index (χ0v) is 15.6. The molecule has 28 heavy (non-hydrogen) atoms. The second kappa shape index (κ2) is 6.60. The number of aromatic nitrogens is 5. The van der Waals surface area contributed by atoms with Crippen LogP contribution in [-0.2, 0) is 19.9 Å². The molecule has 0 fully saturated rings. The molecular weight excluding hydrogens is 352 g/mol. The quantitative estimate of drug-likeness (QED) is 0.587. The number of aromatic amines is 1. The minimum absolute atomic E-state index is 0.0342. The number of nitrogens with one attached hydrogen (secondary N) is 1. The Morgan fingerprint density at radius 2 is 1.79 bits per heavy atom. The molecule has 1 aliphatic heterocycles. The average Bonchev–Trinajstić information content (AvgIpc) is 3.25. The van der Waals surface area contributed by atoms with Crippen molar-refractivity contribution < 1.29 is 4.79 Å². The Bertz CT molecular complexity index is 1160. The lowest BCUT2D eigenvalue weighted by Crippen LogP contribution is -2.33. The summed E-state index contributed by atoms with van der Waals surface area (Å²) in [6.45, 7) is 1.35. The molecule has 0 aliphatic carbocycles. The van der Waals surface area contributed by atoms with Crippen LogP contribution in [0.2, 0.25) is 0 Å². The first kappa shape index (κ1) is 16.7. The summed E-state index contributed by atoms with van der Waals surface area (Å²) in [7, 11) is 1.99. The van der Waals surface area contributed by atoms with Gasteiger partial charge in [0.25, 0.3) is 5.91 Å². The highest BCUT2D eigenvalue weighted by molar-refractivity contribution is 5.97. The standard InChI is InChI=1S/C21H20N6O/c1-26-19-10-12-27(21(28)15-7-8-17-18(13-15)23-25-22-17)11-9-16(19)20(24-26)14-5-3-2-4-6-14/h2-8,13H,9-12H2,1H3,(H,22,23,25). The van der Waals surface area contributed by atoms with Crippen molar-refractivity contribution in [2.24, 2.45) is 7.05 Å². The summed E-state index contributed by atoms with van der Waals surface area (Å²) in [5, 5.41) is 15.5. The summed E-state index contributed by atoms with van der Waals surface area (Å²) >= 11 is 0. The van der Waals surface area contributed by atoms with E-state index in [4.69, 9.17) is 5.10 Å². The first-order chi connectivity index (χ1) is 13.7. The smallest absolute Gasteiger partial charge is 0.253 e. The normalized spacial score (nSPS) is 14.1. The van der Waals surface area contributed by atoms with Crippen molar-refractivity contribution in [3.8, 4) is 11.3 Å². The number of aryl methyl sites for hydroxylation is 1. The molecule has 1 aliphatic rings. The number of hydrogen-bond donors (Lipinski definition) is 1. The molecule has 3 heterocycles. The molecule has 1 N–H and O–H groups in total. The maximum Gasteiger partial charge on any atom is 0.253 e. The summed E-state index contributed by atoms with van der Waals surface area (Å²) in [6.07, 6.45) is 1.59. The molecule has 7 nitrogen and oxygen atoms in total. The van der Waals surface area contributed by atoms with E-state index in [1.54, 1.807) is 6.07 Å². The van der Waals surface area contributed by atoms with Crippen LogP contribution in [0.3, 0.4) is 0 Å². The van der Waals surface area contributed by atoms with E-state index in [1.165, 1.54) is 11.3 Å². The predicted molar refractivity (Wildman–Crippen MR) is 106 cm³/mol. The lowest BCUT2D eigenvalue weighted by Gasteiger charge is -2.20. The summed E-state index contributed by atoms with van der Waals surface area (Å²) in [5.74, 6) is 0.0342. The largest absolute Gasteiger partial charge is 0.338 e. The Balaban J connectivity index is 1.42. The second-order valence-corrected chi connectivity index (χ2v) is 7.08. The number of carbonyl (C=O) groups excluding carboxylic acids is 1. The lowest BCUT2D eigenvalue weighted by atomic mass is 10.0. The Kier molecular flexibility index (Phi) is 3.93. The maximum atomic E-state index is 13.1. The topological polar surface area (TPSA) is 79.7 Å². The molecule has 1 amide bonds. The van der Waals surface area contributed by atoms with Crippen molar-refractivity contribution in [2.45, 2.75) is 12.8 Å². The van der Waals surface area contributed by atoms with Gasteiger partial charge in [0.05, 0.1) is 5.69 Å². The van der Waals surface area contributed by atoms with Crippen LogP contribution in [0.1, 0.15) is 21.6 Å². The zero-order chi connectivity index (χ0) is 19.1. The molecule has 0 saturated carbocycles.